The molecule has 2 rings (SSSR count). The molecule has 0 bridgehead atoms. The third-order valence-electron chi connectivity index (χ3n) is 1.59. The van der Waals surface area contributed by atoms with Gasteiger partial charge in [0.05, 0.1) is 5.56 Å². The molecule has 2 N–H and O–H groups in total. The van der Waals surface area contributed by atoms with Gasteiger partial charge >= 0.3 is 5.97 Å². The van der Waals surface area contributed by atoms with Crippen molar-refractivity contribution in [3.63, 3.8) is 0 Å². The first-order valence-electron chi connectivity index (χ1n) is 3.95. The largest absolute Gasteiger partial charge is 0.478 e. The van der Waals surface area contributed by atoms with Crippen LogP contribution in [0, 0.1) is 0 Å². The van der Waals surface area contributed by atoms with Crippen LogP contribution in [0.3, 0.4) is 0 Å². The lowest BCUT2D eigenvalue weighted by molar-refractivity contribution is 0.0696. The first-order chi connectivity index (χ1) is 7.66. The fourth-order valence-electron chi connectivity index (χ4n) is 0.908. The van der Waals surface area contributed by atoms with Gasteiger partial charge in [0, 0.05) is 17.6 Å². The number of carboxylic acids is 1. The van der Waals surface area contributed by atoms with E-state index in [4.69, 9.17) is 9.52 Å². The summed E-state index contributed by atoms with van der Waals surface area (Å²) in [6.45, 7) is 0. The molecule has 2 aromatic rings. The maximum atomic E-state index is 11.5. The summed E-state index contributed by atoms with van der Waals surface area (Å²) in [5.74, 6) is -1.89. The molecule has 0 spiro atoms. The number of aromatic nitrogens is 3. The number of rotatable bonds is 3. The van der Waals surface area contributed by atoms with Crippen LogP contribution in [0.5, 0.6) is 0 Å². The number of nitrogens with zero attached hydrogens (tertiary/aromatic N) is 3. The van der Waals surface area contributed by atoms with Crippen molar-refractivity contribution in [3.05, 3.63) is 23.7 Å². The number of carbonyl (C=O) groups is 2. The van der Waals surface area contributed by atoms with Crippen molar-refractivity contribution in [2.45, 2.75) is 0 Å². The number of aromatic carboxylic acids is 1. The van der Waals surface area contributed by atoms with Crippen LogP contribution in [0.25, 0.3) is 0 Å². The standard InChI is InChI=1S/C7H4N4O4S/c12-5(8-7-9-10-11-16-7)4-1-3(2-15-4)6(13)14/h1-2H,(H,13,14)(H,8,9,11,12). The number of carbonyl (C=O) groups excluding carboxylic acids is 1. The number of hydrogen-bond donors (Lipinski definition) is 2. The summed E-state index contributed by atoms with van der Waals surface area (Å²) in [7, 11) is 0. The third-order valence-corrected chi connectivity index (χ3v) is 2.10. The summed E-state index contributed by atoms with van der Waals surface area (Å²) in [4.78, 5) is 22.0. The zero-order chi connectivity index (χ0) is 11.5. The Morgan fingerprint density at radius 1 is 1.50 bits per heavy atom. The molecule has 0 saturated heterocycles. The molecule has 2 aromatic heterocycles. The Hall–Kier alpha value is -2.29. The Labute approximate surface area is 92.1 Å². The molecule has 8 nitrogen and oxygen atoms in total. The quantitative estimate of drug-likeness (QED) is 0.800. The second kappa shape index (κ2) is 4.06. The van der Waals surface area contributed by atoms with E-state index in [1.165, 1.54) is 0 Å². The molecule has 0 radical (unpaired) electrons. The van der Waals surface area contributed by atoms with Gasteiger partial charge in [0.15, 0.2) is 5.76 Å². The highest BCUT2D eigenvalue weighted by atomic mass is 32.1. The van der Waals surface area contributed by atoms with Crippen molar-refractivity contribution in [2.24, 2.45) is 0 Å². The van der Waals surface area contributed by atoms with Crippen molar-refractivity contribution in [3.8, 4) is 0 Å². The normalized spacial score (nSPS) is 10.0. The molecule has 82 valence electrons. The number of carboxylic acid groups (broad SMARTS) is 1. The molecular formula is C7H4N4O4S. The number of anilines is 1. The molecule has 1 amide bonds. The van der Waals surface area contributed by atoms with Gasteiger partial charge in [0.1, 0.15) is 6.26 Å². The highest BCUT2D eigenvalue weighted by Gasteiger charge is 2.15. The number of nitrogens with one attached hydrogen (secondary N) is 1. The lowest BCUT2D eigenvalue weighted by Gasteiger charge is -1.94. The van der Waals surface area contributed by atoms with Crippen molar-refractivity contribution in [1.29, 1.82) is 0 Å². The Kier molecular flexibility index (Phi) is 2.60. The zero-order valence-corrected chi connectivity index (χ0v) is 8.39. The van der Waals surface area contributed by atoms with E-state index < -0.39 is 11.9 Å². The molecule has 0 unspecified atom stereocenters. The van der Waals surface area contributed by atoms with Gasteiger partial charge < -0.3 is 9.52 Å². The van der Waals surface area contributed by atoms with Gasteiger partial charge in [-0.2, -0.15) is 0 Å². The minimum absolute atomic E-state index is 0.0967. The second-order valence-corrected chi connectivity index (χ2v) is 3.36. The molecule has 0 atom stereocenters. The van der Waals surface area contributed by atoms with Crippen LogP contribution in [0.1, 0.15) is 20.9 Å². The van der Waals surface area contributed by atoms with Crippen LogP contribution in [0.15, 0.2) is 16.7 Å². The van der Waals surface area contributed by atoms with Gasteiger partial charge in [-0.15, -0.1) is 0 Å². The molecular weight excluding hydrogens is 236 g/mol. The maximum Gasteiger partial charge on any atom is 0.338 e. The van der Waals surface area contributed by atoms with E-state index in [1.54, 1.807) is 0 Å². The molecule has 0 aromatic carbocycles. The molecule has 2 heterocycles. The predicted molar refractivity (Wildman–Crippen MR) is 51.3 cm³/mol. The lowest BCUT2D eigenvalue weighted by Crippen LogP contribution is -2.10. The first-order valence-corrected chi connectivity index (χ1v) is 4.72. The molecule has 0 aliphatic heterocycles. The second-order valence-electron chi connectivity index (χ2n) is 2.63. The summed E-state index contributed by atoms with van der Waals surface area (Å²) in [6.07, 6.45) is 0.982. The highest BCUT2D eigenvalue weighted by molar-refractivity contribution is 7.09. The minimum Gasteiger partial charge on any atom is -0.478 e. The Bertz CT molecular complexity index is 520. The topological polar surface area (TPSA) is 118 Å². The van der Waals surface area contributed by atoms with E-state index >= 15 is 0 Å². The van der Waals surface area contributed by atoms with Crippen LogP contribution >= 0.6 is 11.5 Å². The van der Waals surface area contributed by atoms with Crippen molar-refractivity contribution in [2.75, 3.05) is 5.32 Å². The van der Waals surface area contributed by atoms with Crippen LogP contribution in [0.2, 0.25) is 0 Å². The first kappa shape index (κ1) is 10.2. The lowest BCUT2D eigenvalue weighted by atomic mass is 10.3. The fraction of sp³-hybridized carbons (Fsp3) is 0. The molecule has 16 heavy (non-hydrogen) atoms. The molecule has 0 saturated carbocycles. The summed E-state index contributed by atoms with van der Waals surface area (Å²) < 4.78 is 8.22. The van der Waals surface area contributed by atoms with Gasteiger partial charge in [-0.05, 0) is 5.21 Å². The van der Waals surface area contributed by atoms with Gasteiger partial charge in [-0.3, -0.25) is 10.1 Å². The van der Waals surface area contributed by atoms with Crippen LogP contribution in [-0.2, 0) is 0 Å². The zero-order valence-electron chi connectivity index (χ0n) is 7.58. The Morgan fingerprint density at radius 3 is 2.88 bits per heavy atom. The van der Waals surface area contributed by atoms with Crippen LogP contribution < -0.4 is 5.32 Å². The Balaban J connectivity index is 2.12. The van der Waals surface area contributed by atoms with Crippen LogP contribution in [0.4, 0.5) is 5.13 Å². The SMILES string of the molecule is O=C(O)c1coc(C(=O)Nc2nnns2)c1. The average Bonchev–Trinajstić information content (AvgIpc) is 2.86. The molecule has 9 heteroatoms. The third kappa shape index (κ3) is 2.03. The predicted octanol–water partition coefficient (Wildman–Crippen LogP) is 0.477. The van der Waals surface area contributed by atoms with Crippen molar-refractivity contribution < 1.29 is 19.1 Å². The summed E-state index contributed by atoms with van der Waals surface area (Å²) in [5, 5.41) is 17.9. The average molecular weight is 240 g/mol. The molecule has 0 aliphatic rings. The van der Waals surface area contributed by atoms with E-state index in [-0.39, 0.29) is 16.5 Å². The van der Waals surface area contributed by atoms with Crippen LogP contribution in [-0.4, -0.2) is 31.8 Å². The summed E-state index contributed by atoms with van der Waals surface area (Å²) in [6, 6.07) is 1.12. The number of hydrogen-bond acceptors (Lipinski definition) is 7. The molecule has 0 fully saturated rings. The Morgan fingerprint density at radius 2 is 2.31 bits per heavy atom. The van der Waals surface area contributed by atoms with Crippen molar-refractivity contribution >= 4 is 28.5 Å². The van der Waals surface area contributed by atoms with Gasteiger partial charge in [0.25, 0.3) is 5.91 Å². The molecule has 0 aliphatic carbocycles. The van der Waals surface area contributed by atoms with Gasteiger partial charge in [-0.1, -0.05) is 9.59 Å². The smallest absolute Gasteiger partial charge is 0.338 e. The van der Waals surface area contributed by atoms with E-state index in [2.05, 4.69) is 20.1 Å². The van der Waals surface area contributed by atoms with E-state index in [0.29, 0.717) is 0 Å². The summed E-state index contributed by atoms with van der Waals surface area (Å²) in [5.41, 5.74) is -0.0967. The minimum atomic E-state index is -1.17. The number of furan rings is 1. The van der Waals surface area contributed by atoms with Gasteiger partial charge in [0.2, 0.25) is 5.13 Å². The van der Waals surface area contributed by atoms with E-state index in [1.807, 2.05) is 0 Å². The number of amides is 1. The monoisotopic (exact) mass is 240 g/mol. The fourth-order valence-corrected chi connectivity index (χ4v) is 1.27. The van der Waals surface area contributed by atoms with E-state index in [9.17, 15) is 9.59 Å². The van der Waals surface area contributed by atoms with E-state index in [0.717, 1.165) is 23.9 Å². The van der Waals surface area contributed by atoms with Gasteiger partial charge in [-0.25, -0.2) is 4.79 Å². The maximum absolute atomic E-state index is 11.5. The summed E-state index contributed by atoms with van der Waals surface area (Å²) >= 11 is 0.897. The van der Waals surface area contributed by atoms with Crippen molar-refractivity contribution in [1.82, 2.24) is 14.8 Å². The highest BCUT2D eigenvalue weighted by Crippen LogP contribution is 2.11.